The lowest BCUT2D eigenvalue weighted by Gasteiger charge is -2.11. The Labute approximate surface area is 111 Å². The number of hydrogen-bond acceptors (Lipinski definition) is 3. The molecule has 0 radical (unpaired) electrons. The number of ether oxygens (including phenoxy) is 1. The molecule has 0 aliphatic heterocycles. The minimum atomic E-state index is -0.974. The summed E-state index contributed by atoms with van der Waals surface area (Å²) in [5, 5.41) is 13.2. The molecule has 1 aromatic carbocycles. The molecule has 19 heavy (non-hydrogen) atoms. The van der Waals surface area contributed by atoms with Gasteiger partial charge in [-0.1, -0.05) is 30.3 Å². The highest BCUT2D eigenvalue weighted by molar-refractivity contribution is 5.72. The van der Waals surface area contributed by atoms with E-state index in [9.17, 15) is 4.79 Å². The SMILES string of the molecule is CCOC(Cn1cc(-c2ccccc2)cn1)C(=O)O. The van der Waals surface area contributed by atoms with Crippen LogP contribution in [0.4, 0.5) is 0 Å². The summed E-state index contributed by atoms with van der Waals surface area (Å²) in [4.78, 5) is 11.0. The fourth-order valence-electron chi connectivity index (χ4n) is 1.82. The van der Waals surface area contributed by atoms with Crippen molar-refractivity contribution in [3.63, 3.8) is 0 Å². The molecule has 1 heterocycles. The van der Waals surface area contributed by atoms with E-state index in [-0.39, 0.29) is 6.54 Å². The zero-order valence-electron chi connectivity index (χ0n) is 10.7. The van der Waals surface area contributed by atoms with E-state index in [0.717, 1.165) is 11.1 Å². The third kappa shape index (κ3) is 3.42. The first-order valence-corrected chi connectivity index (χ1v) is 6.13. The summed E-state index contributed by atoms with van der Waals surface area (Å²) in [7, 11) is 0. The lowest BCUT2D eigenvalue weighted by atomic mass is 10.1. The second-order valence-electron chi connectivity index (χ2n) is 4.10. The summed E-state index contributed by atoms with van der Waals surface area (Å²) in [5.41, 5.74) is 2.01. The summed E-state index contributed by atoms with van der Waals surface area (Å²) in [6.45, 7) is 2.34. The second kappa shape index (κ2) is 6.15. The molecule has 2 rings (SSSR count). The number of nitrogens with zero attached hydrogens (tertiary/aromatic N) is 2. The van der Waals surface area contributed by atoms with E-state index in [4.69, 9.17) is 9.84 Å². The van der Waals surface area contributed by atoms with Crippen LogP contribution in [0.25, 0.3) is 11.1 Å². The number of benzene rings is 1. The van der Waals surface area contributed by atoms with Crippen molar-refractivity contribution in [3.8, 4) is 11.1 Å². The standard InChI is InChI=1S/C14H16N2O3/c1-2-19-13(14(17)18)10-16-9-12(8-15-16)11-6-4-3-5-7-11/h3-9,13H,2,10H2,1H3,(H,17,18). The van der Waals surface area contributed by atoms with Gasteiger partial charge in [0.05, 0.1) is 12.7 Å². The maximum atomic E-state index is 11.0. The molecular weight excluding hydrogens is 244 g/mol. The third-order valence-corrected chi connectivity index (χ3v) is 2.74. The van der Waals surface area contributed by atoms with E-state index in [2.05, 4.69) is 5.10 Å². The van der Waals surface area contributed by atoms with E-state index in [0.29, 0.717) is 6.61 Å². The summed E-state index contributed by atoms with van der Waals surface area (Å²) in [6, 6.07) is 9.82. The van der Waals surface area contributed by atoms with E-state index in [1.807, 2.05) is 36.5 Å². The predicted molar refractivity (Wildman–Crippen MR) is 70.7 cm³/mol. The quantitative estimate of drug-likeness (QED) is 0.863. The first kappa shape index (κ1) is 13.3. The molecule has 1 aromatic heterocycles. The van der Waals surface area contributed by atoms with Gasteiger partial charge in [0.1, 0.15) is 0 Å². The van der Waals surface area contributed by atoms with Crippen molar-refractivity contribution in [1.82, 2.24) is 9.78 Å². The molecule has 1 N–H and O–H groups in total. The second-order valence-corrected chi connectivity index (χ2v) is 4.10. The average molecular weight is 260 g/mol. The Morgan fingerprint density at radius 1 is 1.37 bits per heavy atom. The van der Waals surface area contributed by atoms with Gasteiger partial charge in [-0.2, -0.15) is 5.10 Å². The molecule has 0 saturated heterocycles. The van der Waals surface area contributed by atoms with Crippen molar-refractivity contribution >= 4 is 5.97 Å². The maximum Gasteiger partial charge on any atom is 0.334 e. The van der Waals surface area contributed by atoms with Crippen molar-refractivity contribution in [3.05, 3.63) is 42.7 Å². The highest BCUT2D eigenvalue weighted by Crippen LogP contribution is 2.17. The molecular formula is C14H16N2O3. The normalized spacial score (nSPS) is 12.3. The monoisotopic (exact) mass is 260 g/mol. The van der Waals surface area contributed by atoms with Crippen molar-refractivity contribution in [2.45, 2.75) is 19.6 Å². The molecule has 0 spiro atoms. The number of aromatic nitrogens is 2. The molecule has 1 atom stereocenters. The van der Waals surface area contributed by atoms with Crippen LogP contribution in [0.3, 0.4) is 0 Å². The van der Waals surface area contributed by atoms with Crippen LogP contribution in [0.1, 0.15) is 6.92 Å². The van der Waals surface area contributed by atoms with Crippen LogP contribution in [0.15, 0.2) is 42.7 Å². The van der Waals surface area contributed by atoms with Crippen molar-refractivity contribution in [2.75, 3.05) is 6.61 Å². The molecule has 0 aliphatic carbocycles. The number of carbonyl (C=O) groups is 1. The molecule has 0 amide bonds. The fraction of sp³-hybridized carbons (Fsp3) is 0.286. The molecule has 0 fully saturated rings. The lowest BCUT2D eigenvalue weighted by Crippen LogP contribution is -2.29. The summed E-state index contributed by atoms with van der Waals surface area (Å²) < 4.78 is 6.76. The van der Waals surface area contributed by atoms with Crippen LogP contribution in [0.2, 0.25) is 0 Å². The number of hydrogen-bond donors (Lipinski definition) is 1. The van der Waals surface area contributed by atoms with Crippen LogP contribution in [0.5, 0.6) is 0 Å². The van der Waals surface area contributed by atoms with Gasteiger partial charge in [0, 0.05) is 18.4 Å². The first-order chi connectivity index (χ1) is 9.20. The fourth-order valence-corrected chi connectivity index (χ4v) is 1.82. The largest absolute Gasteiger partial charge is 0.479 e. The van der Waals surface area contributed by atoms with Crippen molar-refractivity contribution in [1.29, 1.82) is 0 Å². The van der Waals surface area contributed by atoms with Crippen LogP contribution in [0, 0.1) is 0 Å². The molecule has 100 valence electrons. The number of rotatable bonds is 6. The lowest BCUT2D eigenvalue weighted by molar-refractivity contribution is -0.151. The topological polar surface area (TPSA) is 64.4 Å². The molecule has 0 aliphatic rings. The molecule has 0 bridgehead atoms. The molecule has 5 heteroatoms. The Bertz CT molecular complexity index is 537. The van der Waals surface area contributed by atoms with Crippen molar-refractivity contribution < 1.29 is 14.6 Å². The van der Waals surface area contributed by atoms with Gasteiger partial charge < -0.3 is 9.84 Å². The van der Waals surface area contributed by atoms with Crippen LogP contribution >= 0.6 is 0 Å². The van der Waals surface area contributed by atoms with E-state index in [1.54, 1.807) is 17.8 Å². The third-order valence-electron chi connectivity index (χ3n) is 2.74. The van der Waals surface area contributed by atoms with Crippen LogP contribution in [-0.4, -0.2) is 33.6 Å². The van der Waals surface area contributed by atoms with Gasteiger partial charge in [0.25, 0.3) is 0 Å². The van der Waals surface area contributed by atoms with Gasteiger partial charge in [0.2, 0.25) is 0 Å². The van der Waals surface area contributed by atoms with Gasteiger partial charge in [0.15, 0.2) is 6.10 Å². The smallest absolute Gasteiger partial charge is 0.334 e. The number of carboxylic acids is 1. The van der Waals surface area contributed by atoms with Crippen molar-refractivity contribution in [2.24, 2.45) is 0 Å². The Balaban J connectivity index is 2.11. The highest BCUT2D eigenvalue weighted by atomic mass is 16.5. The van der Waals surface area contributed by atoms with E-state index in [1.165, 1.54) is 0 Å². The molecule has 5 nitrogen and oxygen atoms in total. The van der Waals surface area contributed by atoms with Gasteiger partial charge in [-0.3, -0.25) is 4.68 Å². The van der Waals surface area contributed by atoms with E-state index >= 15 is 0 Å². The number of carboxylic acid groups (broad SMARTS) is 1. The molecule has 2 aromatic rings. The molecule has 0 saturated carbocycles. The summed E-state index contributed by atoms with van der Waals surface area (Å²) in [5.74, 6) is -0.974. The maximum absolute atomic E-state index is 11.0. The summed E-state index contributed by atoms with van der Waals surface area (Å²) in [6.07, 6.45) is 2.68. The zero-order chi connectivity index (χ0) is 13.7. The minimum absolute atomic E-state index is 0.204. The summed E-state index contributed by atoms with van der Waals surface area (Å²) >= 11 is 0. The first-order valence-electron chi connectivity index (χ1n) is 6.13. The van der Waals surface area contributed by atoms with E-state index < -0.39 is 12.1 Å². The highest BCUT2D eigenvalue weighted by Gasteiger charge is 2.18. The molecule has 1 unspecified atom stereocenters. The average Bonchev–Trinajstić information content (AvgIpc) is 2.88. The van der Waals surface area contributed by atoms with Crippen LogP contribution in [-0.2, 0) is 16.1 Å². The van der Waals surface area contributed by atoms with Gasteiger partial charge in [-0.25, -0.2) is 4.79 Å². The van der Waals surface area contributed by atoms with Gasteiger partial charge in [-0.15, -0.1) is 0 Å². The number of aliphatic carboxylic acids is 1. The Morgan fingerprint density at radius 3 is 2.74 bits per heavy atom. The minimum Gasteiger partial charge on any atom is -0.479 e. The Morgan fingerprint density at radius 2 is 2.11 bits per heavy atom. The Kier molecular flexibility index (Phi) is 4.30. The van der Waals surface area contributed by atoms with Gasteiger partial charge in [-0.05, 0) is 12.5 Å². The van der Waals surface area contributed by atoms with Crippen LogP contribution < -0.4 is 0 Å². The van der Waals surface area contributed by atoms with Gasteiger partial charge >= 0.3 is 5.97 Å². The Hall–Kier alpha value is -2.14. The zero-order valence-corrected chi connectivity index (χ0v) is 10.7. The predicted octanol–water partition coefficient (Wildman–Crippen LogP) is 2.04.